The van der Waals surface area contributed by atoms with E-state index in [4.69, 9.17) is 0 Å². The van der Waals surface area contributed by atoms with Crippen molar-refractivity contribution >= 4 is 0 Å². The molecule has 8 heteroatoms. The Morgan fingerprint density at radius 3 is 2.38 bits per heavy atom. The van der Waals surface area contributed by atoms with Crippen molar-refractivity contribution in [3.8, 4) is 0 Å². The molecule has 1 unspecified atom stereocenters. The Bertz CT molecular complexity index is 556. The monoisotopic (exact) mass is 297 g/mol. The molecule has 0 radical (unpaired) electrons. The minimum absolute atomic E-state index is 0.0877. The summed E-state index contributed by atoms with van der Waals surface area (Å²) in [5.41, 5.74) is -0.568. The first-order valence-corrected chi connectivity index (χ1v) is 6.40. The van der Waals surface area contributed by atoms with Gasteiger partial charge in [0.2, 0.25) is 0 Å². The molecule has 0 aromatic carbocycles. The van der Waals surface area contributed by atoms with Crippen LogP contribution in [0.15, 0.2) is 30.6 Å². The summed E-state index contributed by atoms with van der Waals surface area (Å²) >= 11 is 0. The van der Waals surface area contributed by atoms with Gasteiger partial charge in [0.1, 0.15) is 5.82 Å². The van der Waals surface area contributed by atoms with Gasteiger partial charge in [0, 0.05) is 18.9 Å². The molecule has 0 fully saturated rings. The second kappa shape index (κ2) is 6.57. The molecule has 1 atom stereocenters. The second-order valence-corrected chi connectivity index (χ2v) is 4.36. The van der Waals surface area contributed by atoms with Crippen LogP contribution in [0.4, 0.5) is 13.2 Å². The van der Waals surface area contributed by atoms with Crippen molar-refractivity contribution in [1.82, 2.24) is 25.5 Å². The quantitative estimate of drug-likeness (QED) is 0.918. The van der Waals surface area contributed by atoms with Gasteiger partial charge in [-0.2, -0.15) is 18.3 Å². The molecule has 0 aliphatic carbocycles. The highest BCUT2D eigenvalue weighted by Gasteiger charge is 2.32. The number of hydrogen-bond donors (Lipinski definition) is 1. The van der Waals surface area contributed by atoms with Crippen LogP contribution in [0.1, 0.15) is 36.6 Å². The fourth-order valence-electron chi connectivity index (χ4n) is 1.74. The lowest BCUT2D eigenvalue weighted by Gasteiger charge is -2.14. The van der Waals surface area contributed by atoms with Gasteiger partial charge in [-0.15, -0.1) is 5.10 Å². The Balaban J connectivity index is 1.99. The maximum absolute atomic E-state index is 12.4. The molecule has 0 aliphatic heterocycles. The molecular formula is C13H14F3N5. The van der Waals surface area contributed by atoms with E-state index in [1.807, 2.05) is 6.92 Å². The average molecular weight is 297 g/mol. The first-order valence-electron chi connectivity index (χ1n) is 6.40. The molecule has 2 rings (SSSR count). The number of aromatic nitrogens is 4. The molecule has 0 aliphatic rings. The molecule has 2 heterocycles. The Morgan fingerprint density at radius 1 is 1.14 bits per heavy atom. The predicted octanol–water partition coefficient (Wildman–Crippen LogP) is 2.53. The van der Waals surface area contributed by atoms with Crippen LogP contribution >= 0.6 is 0 Å². The summed E-state index contributed by atoms with van der Waals surface area (Å²) in [6, 6.07) is 3.86. The summed E-state index contributed by atoms with van der Waals surface area (Å²) in [6.07, 6.45) is -0.434. The number of rotatable bonds is 5. The van der Waals surface area contributed by atoms with Crippen LogP contribution in [0.25, 0.3) is 0 Å². The lowest BCUT2D eigenvalue weighted by atomic mass is 10.2. The standard InChI is InChI=1S/C13H14F3N5/c1-2-10(12-17-6-3-7-18-12)19-8-9-4-5-11(21-20-9)13(14,15)16/h3-7,10,19H,2,8H2,1H3. The van der Waals surface area contributed by atoms with E-state index in [0.29, 0.717) is 18.1 Å². The summed E-state index contributed by atoms with van der Waals surface area (Å²) in [5.74, 6) is 0.639. The zero-order chi connectivity index (χ0) is 15.3. The Morgan fingerprint density at radius 2 is 1.86 bits per heavy atom. The normalized spacial score (nSPS) is 13.1. The zero-order valence-electron chi connectivity index (χ0n) is 11.3. The van der Waals surface area contributed by atoms with E-state index < -0.39 is 11.9 Å². The summed E-state index contributed by atoms with van der Waals surface area (Å²) < 4.78 is 37.1. The van der Waals surface area contributed by atoms with Crippen LogP contribution in [-0.4, -0.2) is 20.2 Å². The molecule has 0 bridgehead atoms. The molecule has 112 valence electrons. The molecule has 2 aromatic heterocycles. The smallest absolute Gasteiger partial charge is 0.302 e. The first kappa shape index (κ1) is 15.3. The van der Waals surface area contributed by atoms with Gasteiger partial charge in [-0.3, -0.25) is 0 Å². The first-order chi connectivity index (χ1) is 10.0. The Hall–Kier alpha value is -2.09. The number of halogens is 3. The molecule has 1 N–H and O–H groups in total. The van der Waals surface area contributed by atoms with Gasteiger partial charge in [-0.05, 0) is 24.6 Å². The van der Waals surface area contributed by atoms with Crippen molar-refractivity contribution in [3.05, 3.63) is 47.8 Å². The summed E-state index contributed by atoms with van der Waals surface area (Å²) in [7, 11) is 0. The lowest BCUT2D eigenvalue weighted by molar-refractivity contribution is -0.141. The zero-order valence-corrected chi connectivity index (χ0v) is 11.3. The molecule has 0 spiro atoms. The summed E-state index contributed by atoms with van der Waals surface area (Å²) in [5, 5.41) is 9.90. The Kier molecular flexibility index (Phi) is 4.79. The molecule has 21 heavy (non-hydrogen) atoms. The van der Waals surface area contributed by atoms with E-state index >= 15 is 0 Å². The van der Waals surface area contributed by atoms with Crippen molar-refractivity contribution in [2.45, 2.75) is 32.1 Å². The van der Waals surface area contributed by atoms with Crippen LogP contribution in [0.2, 0.25) is 0 Å². The van der Waals surface area contributed by atoms with Crippen molar-refractivity contribution in [1.29, 1.82) is 0 Å². The molecule has 5 nitrogen and oxygen atoms in total. The highest BCUT2D eigenvalue weighted by atomic mass is 19.4. The summed E-state index contributed by atoms with van der Waals surface area (Å²) in [6.45, 7) is 2.26. The van der Waals surface area contributed by atoms with E-state index in [1.54, 1.807) is 18.5 Å². The number of nitrogens with zero attached hydrogens (tertiary/aromatic N) is 4. The van der Waals surface area contributed by atoms with Gasteiger partial charge >= 0.3 is 6.18 Å². The van der Waals surface area contributed by atoms with Crippen LogP contribution < -0.4 is 5.32 Å². The van der Waals surface area contributed by atoms with Gasteiger partial charge in [0.05, 0.1) is 11.7 Å². The summed E-state index contributed by atoms with van der Waals surface area (Å²) in [4.78, 5) is 8.30. The lowest BCUT2D eigenvalue weighted by Crippen LogP contribution is -2.23. The minimum atomic E-state index is -4.47. The average Bonchev–Trinajstić information content (AvgIpc) is 2.48. The van der Waals surface area contributed by atoms with Crippen molar-refractivity contribution in [3.63, 3.8) is 0 Å². The van der Waals surface area contributed by atoms with Gasteiger partial charge in [-0.1, -0.05) is 6.92 Å². The van der Waals surface area contributed by atoms with E-state index in [2.05, 4.69) is 25.5 Å². The number of hydrogen-bond acceptors (Lipinski definition) is 5. The molecule has 0 saturated heterocycles. The van der Waals surface area contributed by atoms with E-state index in [0.717, 1.165) is 12.5 Å². The number of alkyl halides is 3. The highest BCUT2D eigenvalue weighted by Crippen LogP contribution is 2.26. The topological polar surface area (TPSA) is 63.6 Å². The van der Waals surface area contributed by atoms with E-state index in [9.17, 15) is 13.2 Å². The van der Waals surface area contributed by atoms with Crippen molar-refractivity contribution in [2.24, 2.45) is 0 Å². The van der Waals surface area contributed by atoms with Crippen LogP contribution in [0.3, 0.4) is 0 Å². The van der Waals surface area contributed by atoms with Crippen LogP contribution in [0.5, 0.6) is 0 Å². The van der Waals surface area contributed by atoms with Gasteiger partial charge < -0.3 is 5.32 Å². The van der Waals surface area contributed by atoms with E-state index in [-0.39, 0.29) is 6.04 Å². The third-order valence-corrected chi connectivity index (χ3v) is 2.85. The minimum Gasteiger partial charge on any atom is -0.302 e. The van der Waals surface area contributed by atoms with Crippen molar-refractivity contribution in [2.75, 3.05) is 0 Å². The molecule has 0 saturated carbocycles. The van der Waals surface area contributed by atoms with Crippen LogP contribution in [-0.2, 0) is 12.7 Å². The van der Waals surface area contributed by atoms with E-state index in [1.165, 1.54) is 6.07 Å². The molecule has 0 amide bonds. The maximum atomic E-state index is 12.4. The molecular weight excluding hydrogens is 283 g/mol. The molecule has 2 aromatic rings. The van der Waals surface area contributed by atoms with Crippen LogP contribution in [0, 0.1) is 0 Å². The second-order valence-electron chi connectivity index (χ2n) is 4.36. The Labute approximate surface area is 119 Å². The third-order valence-electron chi connectivity index (χ3n) is 2.85. The van der Waals surface area contributed by atoms with Gasteiger partial charge in [0.25, 0.3) is 0 Å². The fraction of sp³-hybridized carbons (Fsp3) is 0.385. The largest absolute Gasteiger partial charge is 0.435 e. The fourth-order valence-corrected chi connectivity index (χ4v) is 1.74. The SMILES string of the molecule is CCC(NCc1ccc(C(F)(F)F)nn1)c1ncccn1. The maximum Gasteiger partial charge on any atom is 0.435 e. The highest BCUT2D eigenvalue weighted by molar-refractivity contribution is 5.09. The van der Waals surface area contributed by atoms with Crippen molar-refractivity contribution < 1.29 is 13.2 Å². The number of nitrogens with one attached hydrogen (secondary N) is 1. The third kappa shape index (κ3) is 4.19. The predicted molar refractivity (Wildman–Crippen MR) is 68.9 cm³/mol. The van der Waals surface area contributed by atoms with Gasteiger partial charge in [-0.25, -0.2) is 9.97 Å². The van der Waals surface area contributed by atoms with Gasteiger partial charge in [0.15, 0.2) is 5.69 Å².